The number of ether oxygens (including phenoxy) is 1. The molecule has 32 heavy (non-hydrogen) atoms. The third-order valence-corrected chi connectivity index (χ3v) is 7.76. The molecule has 0 unspecified atom stereocenters. The number of benzene rings is 2. The van der Waals surface area contributed by atoms with Crippen LogP contribution in [0.2, 0.25) is 0 Å². The van der Waals surface area contributed by atoms with Crippen LogP contribution < -0.4 is 10.1 Å². The van der Waals surface area contributed by atoms with E-state index in [0.717, 1.165) is 54.4 Å². The molecule has 1 N–H and O–H groups in total. The lowest BCUT2D eigenvalue weighted by Crippen LogP contribution is -2.48. The molecule has 172 valence electrons. The van der Waals surface area contributed by atoms with Gasteiger partial charge in [-0.25, -0.2) is 8.42 Å². The molecule has 0 radical (unpaired) electrons. The van der Waals surface area contributed by atoms with E-state index in [4.69, 9.17) is 4.74 Å². The molecule has 2 aliphatic rings. The van der Waals surface area contributed by atoms with Gasteiger partial charge in [-0.3, -0.25) is 4.79 Å². The Morgan fingerprint density at radius 2 is 1.78 bits per heavy atom. The second-order valence-corrected chi connectivity index (χ2v) is 11.2. The van der Waals surface area contributed by atoms with Crippen molar-refractivity contribution in [3.63, 3.8) is 0 Å². The number of rotatable bonds is 6. The van der Waals surface area contributed by atoms with E-state index < -0.39 is 10.0 Å². The predicted octanol–water partition coefficient (Wildman–Crippen LogP) is 4.10. The molecular weight excluding hydrogens is 424 g/mol. The van der Waals surface area contributed by atoms with E-state index in [1.807, 2.05) is 55.5 Å². The number of sulfonamides is 1. The molecule has 7 heteroatoms. The summed E-state index contributed by atoms with van der Waals surface area (Å²) in [5.41, 5.74) is 2.67. The van der Waals surface area contributed by atoms with Gasteiger partial charge in [-0.05, 0) is 44.2 Å². The molecule has 0 aromatic heterocycles. The molecule has 0 saturated heterocycles. The molecule has 1 atom stereocenters. The topological polar surface area (TPSA) is 75.7 Å². The van der Waals surface area contributed by atoms with Crippen molar-refractivity contribution < 1.29 is 17.9 Å². The average Bonchev–Trinajstić information content (AvgIpc) is 2.74. The lowest BCUT2D eigenvalue weighted by molar-refractivity contribution is -0.123. The van der Waals surface area contributed by atoms with Gasteiger partial charge >= 0.3 is 0 Å². The van der Waals surface area contributed by atoms with Crippen molar-refractivity contribution in [1.29, 1.82) is 0 Å². The quantitative estimate of drug-likeness (QED) is 0.710. The third-order valence-electron chi connectivity index (χ3n) is 6.57. The van der Waals surface area contributed by atoms with E-state index in [-0.39, 0.29) is 30.6 Å². The predicted molar refractivity (Wildman–Crippen MR) is 125 cm³/mol. The number of hydrogen-bond acceptors (Lipinski definition) is 4. The fraction of sp³-hybridized carbons (Fsp3) is 0.480. The third kappa shape index (κ3) is 5.33. The highest BCUT2D eigenvalue weighted by molar-refractivity contribution is 7.88. The Hall–Kier alpha value is -2.38. The highest BCUT2D eigenvalue weighted by Crippen LogP contribution is 2.46. The average molecular weight is 457 g/mol. The van der Waals surface area contributed by atoms with Crippen molar-refractivity contribution in [3.05, 3.63) is 65.2 Å². The Balaban J connectivity index is 1.50. The summed E-state index contributed by atoms with van der Waals surface area (Å²) in [6.07, 6.45) is 7.30. The van der Waals surface area contributed by atoms with Crippen molar-refractivity contribution in [2.75, 3.05) is 12.8 Å². The monoisotopic (exact) mass is 456 g/mol. The van der Waals surface area contributed by atoms with E-state index in [9.17, 15) is 13.2 Å². The molecule has 0 bridgehead atoms. The van der Waals surface area contributed by atoms with Gasteiger partial charge in [-0.1, -0.05) is 54.4 Å². The van der Waals surface area contributed by atoms with Crippen molar-refractivity contribution in [3.8, 4) is 5.75 Å². The summed E-state index contributed by atoms with van der Waals surface area (Å²) >= 11 is 0. The van der Waals surface area contributed by atoms with Gasteiger partial charge in [0.05, 0.1) is 18.8 Å². The maximum Gasteiger partial charge on any atom is 0.235 e. The van der Waals surface area contributed by atoms with Gasteiger partial charge in [0.1, 0.15) is 11.4 Å². The highest BCUT2D eigenvalue weighted by Gasteiger charge is 2.42. The van der Waals surface area contributed by atoms with Gasteiger partial charge in [0.2, 0.25) is 15.9 Å². The normalized spacial score (nSPS) is 19.9. The van der Waals surface area contributed by atoms with Crippen LogP contribution in [0, 0.1) is 6.92 Å². The largest absolute Gasteiger partial charge is 0.487 e. The van der Waals surface area contributed by atoms with Crippen molar-refractivity contribution in [1.82, 2.24) is 9.62 Å². The zero-order valence-corrected chi connectivity index (χ0v) is 19.7. The fourth-order valence-corrected chi connectivity index (χ4v) is 5.57. The van der Waals surface area contributed by atoms with Gasteiger partial charge in [0.25, 0.3) is 0 Å². The second-order valence-electron chi connectivity index (χ2n) is 9.22. The molecule has 1 aliphatic carbocycles. The minimum atomic E-state index is -3.55. The van der Waals surface area contributed by atoms with E-state index in [1.54, 1.807) is 0 Å². The van der Waals surface area contributed by atoms with Crippen LogP contribution in [0.15, 0.2) is 48.5 Å². The lowest BCUT2D eigenvalue weighted by atomic mass is 9.77. The lowest BCUT2D eigenvalue weighted by Gasteiger charge is -2.44. The summed E-state index contributed by atoms with van der Waals surface area (Å²) in [5, 5.41) is 3.12. The van der Waals surface area contributed by atoms with Crippen LogP contribution in [0.4, 0.5) is 0 Å². The molecule has 4 rings (SSSR count). The zero-order valence-electron chi connectivity index (χ0n) is 18.8. The van der Waals surface area contributed by atoms with E-state index in [1.165, 1.54) is 10.7 Å². The van der Waals surface area contributed by atoms with Crippen LogP contribution in [0.3, 0.4) is 0 Å². The first-order valence-electron chi connectivity index (χ1n) is 11.3. The number of aryl methyl sites for hydroxylation is 1. The SMILES string of the molecule is Cc1ccc(CN(CC(=O)N[C@@H]2CC3(CCCCC3)Oc3ccccc32)S(C)(=O)=O)cc1. The molecule has 2 aromatic rings. The van der Waals surface area contributed by atoms with Crippen LogP contribution in [0.25, 0.3) is 0 Å². The minimum absolute atomic E-state index is 0.167. The molecule has 1 aliphatic heterocycles. The van der Waals surface area contributed by atoms with Crippen LogP contribution >= 0.6 is 0 Å². The summed E-state index contributed by atoms with van der Waals surface area (Å²) < 4.78 is 32.5. The van der Waals surface area contributed by atoms with Gasteiger partial charge in [-0.15, -0.1) is 0 Å². The van der Waals surface area contributed by atoms with Crippen LogP contribution in [0.1, 0.15) is 61.3 Å². The van der Waals surface area contributed by atoms with Crippen molar-refractivity contribution in [2.24, 2.45) is 0 Å². The molecule has 2 aromatic carbocycles. The number of hydrogen-bond donors (Lipinski definition) is 1. The molecule has 1 fully saturated rings. The molecule has 6 nitrogen and oxygen atoms in total. The highest BCUT2D eigenvalue weighted by atomic mass is 32.2. The van der Waals surface area contributed by atoms with Crippen LogP contribution in [0.5, 0.6) is 5.75 Å². The minimum Gasteiger partial charge on any atom is -0.487 e. The molecule has 1 spiro atoms. The second kappa shape index (κ2) is 9.24. The van der Waals surface area contributed by atoms with Crippen LogP contribution in [-0.4, -0.2) is 37.0 Å². The Bertz CT molecular complexity index is 1060. The van der Waals surface area contributed by atoms with Gasteiger partial charge in [-0.2, -0.15) is 4.31 Å². The number of nitrogens with one attached hydrogen (secondary N) is 1. The van der Waals surface area contributed by atoms with Gasteiger partial charge in [0.15, 0.2) is 0 Å². The smallest absolute Gasteiger partial charge is 0.235 e. The molecule has 1 amide bonds. The van der Waals surface area contributed by atoms with Crippen LogP contribution in [-0.2, 0) is 21.4 Å². The number of amides is 1. The summed E-state index contributed by atoms with van der Waals surface area (Å²) in [6.45, 7) is 1.94. The Labute approximate surface area is 191 Å². The van der Waals surface area contributed by atoms with E-state index in [2.05, 4.69) is 5.32 Å². The number of nitrogens with zero attached hydrogens (tertiary/aromatic N) is 1. The van der Waals surface area contributed by atoms with E-state index >= 15 is 0 Å². The number of carbonyl (C=O) groups excluding carboxylic acids is 1. The first-order valence-corrected chi connectivity index (χ1v) is 13.2. The fourth-order valence-electron chi connectivity index (χ4n) is 4.84. The van der Waals surface area contributed by atoms with Crippen molar-refractivity contribution in [2.45, 2.75) is 63.6 Å². The maximum atomic E-state index is 13.0. The van der Waals surface area contributed by atoms with Gasteiger partial charge in [0, 0.05) is 18.5 Å². The summed E-state index contributed by atoms with van der Waals surface area (Å²) in [5.74, 6) is 0.528. The molecule has 1 heterocycles. The van der Waals surface area contributed by atoms with Crippen molar-refractivity contribution >= 4 is 15.9 Å². The molecule has 1 saturated carbocycles. The summed E-state index contributed by atoms with van der Waals surface area (Å²) in [4.78, 5) is 13.0. The number of fused-ring (bicyclic) bond motifs is 1. The number of carbonyl (C=O) groups is 1. The Morgan fingerprint density at radius 3 is 2.47 bits per heavy atom. The zero-order chi connectivity index (χ0) is 22.8. The Kier molecular flexibility index (Phi) is 6.58. The Morgan fingerprint density at radius 1 is 1.09 bits per heavy atom. The van der Waals surface area contributed by atoms with E-state index in [0.29, 0.717) is 6.42 Å². The summed E-state index contributed by atoms with van der Waals surface area (Å²) in [6, 6.07) is 15.3. The first-order chi connectivity index (χ1) is 15.2. The van der Waals surface area contributed by atoms with Gasteiger partial charge < -0.3 is 10.1 Å². The maximum absolute atomic E-state index is 13.0. The molecular formula is C25H32N2O4S. The summed E-state index contributed by atoms with van der Waals surface area (Å²) in [7, 11) is -3.55. The standard InChI is InChI=1S/C25H32N2O4S/c1-19-10-12-20(13-11-19)17-27(32(2,29)30)18-24(28)26-22-16-25(14-6-3-7-15-25)31-23-9-5-4-8-21(22)23/h4-5,8-13,22H,3,6-7,14-18H2,1-2H3,(H,26,28)/t22-/m1/s1. The first kappa shape index (κ1) is 22.8. The number of para-hydroxylation sites is 1.